The van der Waals surface area contributed by atoms with Crippen molar-refractivity contribution in [1.29, 1.82) is 0 Å². The summed E-state index contributed by atoms with van der Waals surface area (Å²) in [5.74, 6) is -0.0969. The molecular formula is C13H19FN2. The number of hydrogen-bond donors (Lipinski definition) is 1. The number of halogens is 1. The first-order valence-electron chi connectivity index (χ1n) is 5.96. The Kier molecular flexibility index (Phi) is 3.44. The molecule has 1 aromatic rings. The Balaban J connectivity index is 2.27. The number of aryl methyl sites for hydroxylation is 1. The SMILES string of the molecule is CCC1CNCCN1c1ccc(C)cc1F. The first kappa shape index (κ1) is 11.4. The maximum absolute atomic E-state index is 13.9. The molecule has 3 heteroatoms. The molecule has 16 heavy (non-hydrogen) atoms. The van der Waals surface area contributed by atoms with Crippen LogP contribution in [-0.2, 0) is 0 Å². The van der Waals surface area contributed by atoms with Gasteiger partial charge in [0.1, 0.15) is 5.82 Å². The molecule has 0 bridgehead atoms. The number of rotatable bonds is 2. The number of piperazine rings is 1. The number of anilines is 1. The van der Waals surface area contributed by atoms with Crippen molar-refractivity contribution in [2.45, 2.75) is 26.3 Å². The lowest BCUT2D eigenvalue weighted by Gasteiger charge is -2.37. The van der Waals surface area contributed by atoms with Crippen molar-refractivity contribution in [3.05, 3.63) is 29.6 Å². The van der Waals surface area contributed by atoms with Crippen molar-refractivity contribution in [3.63, 3.8) is 0 Å². The first-order valence-corrected chi connectivity index (χ1v) is 5.96. The maximum Gasteiger partial charge on any atom is 0.146 e. The minimum absolute atomic E-state index is 0.0969. The molecular weight excluding hydrogens is 203 g/mol. The Hall–Kier alpha value is -1.09. The minimum atomic E-state index is -0.0969. The van der Waals surface area contributed by atoms with Gasteiger partial charge in [-0.05, 0) is 31.0 Å². The summed E-state index contributed by atoms with van der Waals surface area (Å²) < 4.78 is 13.9. The van der Waals surface area contributed by atoms with Gasteiger partial charge < -0.3 is 10.2 Å². The maximum atomic E-state index is 13.9. The molecule has 88 valence electrons. The second-order valence-electron chi connectivity index (χ2n) is 4.41. The summed E-state index contributed by atoms with van der Waals surface area (Å²) in [7, 11) is 0. The summed E-state index contributed by atoms with van der Waals surface area (Å²) >= 11 is 0. The van der Waals surface area contributed by atoms with E-state index in [4.69, 9.17) is 0 Å². The van der Waals surface area contributed by atoms with E-state index in [9.17, 15) is 4.39 Å². The van der Waals surface area contributed by atoms with E-state index in [1.54, 1.807) is 6.07 Å². The number of hydrogen-bond acceptors (Lipinski definition) is 2. The largest absolute Gasteiger partial charge is 0.364 e. The molecule has 0 radical (unpaired) electrons. The third-order valence-electron chi connectivity index (χ3n) is 3.23. The molecule has 1 unspecified atom stereocenters. The Morgan fingerprint density at radius 2 is 2.31 bits per heavy atom. The summed E-state index contributed by atoms with van der Waals surface area (Å²) in [6.45, 7) is 6.84. The Bertz CT molecular complexity index is 365. The fraction of sp³-hybridized carbons (Fsp3) is 0.538. The van der Waals surface area contributed by atoms with E-state index in [0.717, 1.165) is 37.3 Å². The van der Waals surface area contributed by atoms with Crippen LogP contribution in [0.25, 0.3) is 0 Å². The van der Waals surface area contributed by atoms with Crippen molar-refractivity contribution in [1.82, 2.24) is 5.32 Å². The first-order chi connectivity index (χ1) is 7.72. The van der Waals surface area contributed by atoms with Gasteiger partial charge in [-0.2, -0.15) is 0 Å². The van der Waals surface area contributed by atoms with Crippen LogP contribution < -0.4 is 10.2 Å². The fourth-order valence-corrected chi connectivity index (χ4v) is 2.29. The van der Waals surface area contributed by atoms with Crippen LogP contribution in [0.4, 0.5) is 10.1 Å². The van der Waals surface area contributed by atoms with Crippen molar-refractivity contribution in [2.75, 3.05) is 24.5 Å². The highest BCUT2D eigenvalue weighted by atomic mass is 19.1. The van der Waals surface area contributed by atoms with E-state index < -0.39 is 0 Å². The number of nitrogens with zero attached hydrogens (tertiary/aromatic N) is 1. The molecule has 1 aromatic carbocycles. The van der Waals surface area contributed by atoms with Crippen LogP contribution in [-0.4, -0.2) is 25.7 Å². The predicted molar refractivity (Wildman–Crippen MR) is 65.4 cm³/mol. The van der Waals surface area contributed by atoms with Gasteiger partial charge in [0, 0.05) is 25.7 Å². The van der Waals surface area contributed by atoms with Gasteiger partial charge in [-0.15, -0.1) is 0 Å². The van der Waals surface area contributed by atoms with Crippen LogP contribution in [0.5, 0.6) is 0 Å². The number of benzene rings is 1. The molecule has 0 spiro atoms. The van der Waals surface area contributed by atoms with Crippen molar-refractivity contribution in [3.8, 4) is 0 Å². The van der Waals surface area contributed by atoms with Gasteiger partial charge in [-0.3, -0.25) is 0 Å². The van der Waals surface area contributed by atoms with Gasteiger partial charge in [0.2, 0.25) is 0 Å². The molecule has 0 aromatic heterocycles. The summed E-state index contributed by atoms with van der Waals surface area (Å²) in [6, 6.07) is 5.90. The molecule has 0 aliphatic carbocycles. The minimum Gasteiger partial charge on any atom is -0.364 e. The lowest BCUT2D eigenvalue weighted by atomic mass is 10.1. The number of nitrogens with one attached hydrogen (secondary N) is 1. The van der Waals surface area contributed by atoms with Gasteiger partial charge in [-0.1, -0.05) is 13.0 Å². The quantitative estimate of drug-likeness (QED) is 0.826. The predicted octanol–water partition coefficient (Wildman–Crippen LogP) is 2.32. The summed E-state index contributed by atoms with van der Waals surface area (Å²) in [5, 5.41) is 3.35. The van der Waals surface area contributed by atoms with Crippen LogP contribution in [0.15, 0.2) is 18.2 Å². The standard InChI is InChI=1S/C13H19FN2/c1-3-11-9-15-6-7-16(11)13-5-4-10(2)8-12(13)14/h4-5,8,11,15H,3,6-7,9H2,1-2H3. The van der Waals surface area contributed by atoms with Crippen LogP contribution in [0.3, 0.4) is 0 Å². The zero-order chi connectivity index (χ0) is 11.5. The highest BCUT2D eigenvalue weighted by Gasteiger charge is 2.22. The Morgan fingerprint density at radius 1 is 1.50 bits per heavy atom. The lowest BCUT2D eigenvalue weighted by molar-refractivity contribution is 0.459. The molecule has 2 rings (SSSR count). The van der Waals surface area contributed by atoms with Gasteiger partial charge >= 0.3 is 0 Å². The molecule has 1 aliphatic rings. The average Bonchev–Trinajstić information content (AvgIpc) is 2.29. The molecule has 1 aliphatic heterocycles. The van der Waals surface area contributed by atoms with Crippen LogP contribution >= 0.6 is 0 Å². The van der Waals surface area contributed by atoms with E-state index in [0.29, 0.717) is 6.04 Å². The highest BCUT2D eigenvalue weighted by molar-refractivity contribution is 5.50. The molecule has 0 amide bonds. The summed E-state index contributed by atoms with van der Waals surface area (Å²) in [4.78, 5) is 2.19. The van der Waals surface area contributed by atoms with E-state index in [1.165, 1.54) is 0 Å². The zero-order valence-electron chi connectivity index (χ0n) is 9.96. The smallest absolute Gasteiger partial charge is 0.146 e. The third-order valence-corrected chi connectivity index (χ3v) is 3.23. The van der Waals surface area contributed by atoms with Gasteiger partial charge in [0.05, 0.1) is 5.69 Å². The van der Waals surface area contributed by atoms with E-state index in [1.807, 2.05) is 19.1 Å². The molecule has 1 atom stereocenters. The van der Waals surface area contributed by atoms with E-state index in [-0.39, 0.29) is 5.82 Å². The molecule has 1 N–H and O–H groups in total. The highest BCUT2D eigenvalue weighted by Crippen LogP contribution is 2.24. The normalized spacial score (nSPS) is 21.2. The fourth-order valence-electron chi connectivity index (χ4n) is 2.29. The van der Waals surface area contributed by atoms with Crippen molar-refractivity contribution >= 4 is 5.69 Å². The third kappa shape index (κ3) is 2.19. The lowest BCUT2D eigenvalue weighted by Crippen LogP contribution is -2.51. The van der Waals surface area contributed by atoms with Gasteiger partial charge in [0.25, 0.3) is 0 Å². The molecule has 2 nitrogen and oxygen atoms in total. The van der Waals surface area contributed by atoms with Crippen molar-refractivity contribution < 1.29 is 4.39 Å². The summed E-state index contributed by atoms with van der Waals surface area (Å²) in [6.07, 6.45) is 1.04. The van der Waals surface area contributed by atoms with Gasteiger partial charge in [0.15, 0.2) is 0 Å². The van der Waals surface area contributed by atoms with Crippen molar-refractivity contribution in [2.24, 2.45) is 0 Å². The van der Waals surface area contributed by atoms with Crippen LogP contribution in [0, 0.1) is 12.7 Å². The zero-order valence-corrected chi connectivity index (χ0v) is 9.96. The molecule has 0 saturated carbocycles. The average molecular weight is 222 g/mol. The van der Waals surface area contributed by atoms with Crippen LogP contribution in [0.1, 0.15) is 18.9 Å². The molecule has 1 saturated heterocycles. The molecule has 1 fully saturated rings. The molecule has 1 heterocycles. The Morgan fingerprint density at radius 3 is 3.00 bits per heavy atom. The topological polar surface area (TPSA) is 15.3 Å². The Labute approximate surface area is 96.5 Å². The van der Waals surface area contributed by atoms with E-state index in [2.05, 4.69) is 17.1 Å². The monoisotopic (exact) mass is 222 g/mol. The second kappa shape index (κ2) is 4.83. The van der Waals surface area contributed by atoms with Gasteiger partial charge in [-0.25, -0.2) is 4.39 Å². The summed E-state index contributed by atoms with van der Waals surface area (Å²) in [5.41, 5.74) is 1.73. The van der Waals surface area contributed by atoms with E-state index >= 15 is 0 Å². The van der Waals surface area contributed by atoms with Crippen LogP contribution in [0.2, 0.25) is 0 Å². The second-order valence-corrected chi connectivity index (χ2v) is 4.41.